The largest absolute Gasteiger partial charge is 0.382 e. The number of nitrogens with two attached hydrogens (primary N) is 2. The molecule has 0 saturated heterocycles. The van der Waals surface area contributed by atoms with E-state index in [1.807, 2.05) is 73.7 Å². The molecule has 5 N–H and O–H groups in total. The second-order valence-electron chi connectivity index (χ2n) is 9.34. The van der Waals surface area contributed by atoms with Gasteiger partial charge in [0.25, 0.3) is 5.56 Å². The minimum absolute atomic E-state index is 0.0801. The molecule has 2 heterocycles. The van der Waals surface area contributed by atoms with Crippen molar-refractivity contribution in [2.75, 3.05) is 30.3 Å². The van der Waals surface area contributed by atoms with Gasteiger partial charge in [-0.05, 0) is 53.3 Å². The van der Waals surface area contributed by atoms with Crippen molar-refractivity contribution in [3.63, 3.8) is 0 Å². The Balaban J connectivity index is 0.000000343. The van der Waals surface area contributed by atoms with Gasteiger partial charge >= 0.3 is 10.2 Å². The lowest BCUT2D eigenvalue weighted by atomic mass is 9.98. The van der Waals surface area contributed by atoms with E-state index < -0.39 is 10.2 Å². The maximum Gasteiger partial charge on any atom is 0.301 e. The lowest BCUT2D eigenvalue weighted by Gasteiger charge is -2.16. The second kappa shape index (κ2) is 12.5. The summed E-state index contributed by atoms with van der Waals surface area (Å²) in [6, 6.07) is 26.3. The Morgan fingerprint density at radius 3 is 2.36 bits per heavy atom. The number of nitriles is 1. The highest BCUT2D eigenvalue weighted by Gasteiger charge is 2.16. The van der Waals surface area contributed by atoms with E-state index in [-0.39, 0.29) is 22.9 Å². The standard InChI is InChI=1S/C25H25N3O3S.C5H5N5/c1-4-21-17-19-11-9-15-23(24(19)25(29)28(21)22-13-6-5-7-14-22)18-10-8-12-20(16-18)26-32(30,31)27(2)3;6-1-3-2-9-5(8)10-4(3)7/h5-17,26H,4H2,1-3H3;2H,(H4,7,8,9,10). The molecule has 0 aliphatic rings. The average molecular weight is 583 g/mol. The number of hydrogen-bond donors (Lipinski definition) is 3. The van der Waals surface area contributed by atoms with Gasteiger partial charge in [0.05, 0.1) is 17.3 Å². The van der Waals surface area contributed by atoms with Crippen LogP contribution in [0.2, 0.25) is 0 Å². The Morgan fingerprint density at radius 1 is 1.00 bits per heavy atom. The smallest absolute Gasteiger partial charge is 0.301 e. The van der Waals surface area contributed by atoms with Gasteiger partial charge in [0, 0.05) is 25.5 Å². The first-order valence-electron chi connectivity index (χ1n) is 12.9. The minimum atomic E-state index is -3.64. The third kappa shape index (κ3) is 6.38. The van der Waals surface area contributed by atoms with Crippen LogP contribution in [0.1, 0.15) is 18.2 Å². The number of fused-ring (bicyclic) bond motifs is 1. The number of aryl methyl sites for hydroxylation is 1. The molecule has 0 bridgehead atoms. The number of rotatable bonds is 6. The van der Waals surface area contributed by atoms with Gasteiger partial charge in [-0.15, -0.1) is 0 Å². The van der Waals surface area contributed by atoms with Crippen molar-refractivity contribution in [2.24, 2.45) is 0 Å². The summed E-state index contributed by atoms with van der Waals surface area (Å²) in [6.45, 7) is 2.03. The van der Waals surface area contributed by atoms with Crippen LogP contribution in [0.25, 0.3) is 27.6 Å². The van der Waals surface area contributed by atoms with Crippen LogP contribution in [0.15, 0.2) is 89.9 Å². The number of nitrogen functional groups attached to an aromatic ring is 2. The number of anilines is 3. The highest BCUT2D eigenvalue weighted by molar-refractivity contribution is 7.90. The molecular formula is C30H30N8O3S. The highest BCUT2D eigenvalue weighted by Crippen LogP contribution is 2.30. The van der Waals surface area contributed by atoms with Gasteiger partial charge < -0.3 is 11.5 Å². The van der Waals surface area contributed by atoms with Crippen molar-refractivity contribution < 1.29 is 8.42 Å². The molecule has 42 heavy (non-hydrogen) atoms. The fourth-order valence-corrected chi connectivity index (χ4v) is 4.87. The third-order valence-corrected chi connectivity index (χ3v) is 7.81. The molecule has 0 amide bonds. The van der Waals surface area contributed by atoms with Crippen molar-refractivity contribution in [3.05, 3.63) is 107 Å². The van der Waals surface area contributed by atoms with Crippen LogP contribution in [0.5, 0.6) is 0 Å². The zero-order chi connectivity index (χ0) is 30.4. The molecule has 12 heteroatoms. The van der Waals surface area contributed by atoms with E-state index in [9.17, 15) is 13.2 Å². The van der Waals surface area contributed by atoms with Crippen LogP contribution in [0.3, 0.4) is 0 Å². The van der Waals surface area contributed by atoms with Crippen molar-refractivity contribution in [1.29, 1.82) is 5.26 Å². The highest BCUT2D eigenvalue weighted by atomic mass is 32.2. The fraction of sp³-hybridized carbons (Fsp3) is 0.133. The number of hydrogen-bond acceptors (Lipinski definition) is 8. The molecule has 11 nitrogen and oxygen atoms in total. The van der Waals surface area contributed by atoms with E-state index in [0.29, 0.717) is 17.5 Å². The van der Waals surface area contributed by atoms with Crippen molar-refractivity contribution in [2.45, 2.75) is 13.3 Å². The van der Waals surface area contributed by atoms with Crippen molar-refractivity contribution in [1.82, 2.24) is 18.8 Å². The lowest BCUT2D eigenvalue weighted by Crippen LogP contribution is -2.28. The number of benzene rings is 3. The molecule has 5 rings (SSSR count). The molecule has 214 valence electrons. The Labute approximate surface area is 243 Å². The van der Waals surface area contributed by atoms with E-state index in [4.69, 9.17) is 16.7 Å². The Kier molecular flexibility index (Phi) is 8.85. The van der Waals surface area contributed by atoms with Gasteiger partial charge in [-0.25, -0.2) is 4.98 Å². The van der Waals surface area contributed by atoms with Crippen LogP contribution in [0, 0.1) is 11.3 Å². The molecule has 2 aromatic heterocycles. The Bertz CT molecular complexity index is 1950. The summed E-state index contributed by atoms with van der Waals surface area (Å²) in [6.07, 6.45) is 2.00. The summed E-state index contributed by atoms with van der Waals surface area (Å²) in [7, 11) is -0.702. The summed E-state index contributed by atoms with van der Waals surface area (Å²) >= 11 is 0. The molecule has 0 unspecified atom stereocenters. The van der Waals surface area contributed by atoms with E-state index in [0.717, 1.165) is 32.2 Å². The van der Waals surface area contributed by atoms with E-state index in [1.54, 1.807) is 22.8 Å². The molecule has 0 radical (unpaired) electrons. The second-order valence-corrected chi connectivity index (χ2v) is 11.2. The third-order valence-electron chi connectivity index (χ3n) is 6.36. The predicted octanol–water partition coefficient (Wildman–Crippen LogP) is 3.95. The fourth-order valence-electron chi connectivity index (χ4n) is 4.26. The molecular weight excluding hydrogens is 552 g/mol. The van der Waals surface area contributed by atoms with E-state index >= 15 is 0 Å². The SMILES string of the molecule is CCc1cc2cccc(-c3cccc(NS(=O)(=O)N(C)C)c3)c2c(=O)n1-c1ccccc1.N#Cc1cnc(N)nc1N. The quantitative estimate of drug-likeness (QED) is 0.270. The molecule has 0 fully saturated rings. The predicted molar refractivity (Wildman–Crippen MR) is 166 cm³/mol. The van der Waals surface area contributed by atoms with Crippen LogP contribution >= 0.6 is 0 Å². The number of para-hydroxylation sites is 1. The van der Waals surface area contributed by atoms with E-state index in [1.165, 1.54) is 20.3 Å². The number of pyridine rings is 1. The zero-order valence-corrected chi connectivity index (χ0v) is 24.1. The zero-order valence-electron chi connectivity index (χ0n) is 23.3. The maximum absolute atomic E-state index is 13.8. The van der Waals surface area contributed by atoms with Gasteiger partial charge in [0.1, 0.15) is 17.5 Å². The maximum atomic E-state index is 13.8. The lowest BCUT2D eigenvalue weighted by molar-refractivity contribution is 0.527. The minimum Gasteiger partial charge on any atom is -0.382 e. The van der Waals surface area contributed by atoms with E-state index in [2.05, 4.69) is 14.7 Å². The number of aromatic nitrogens is 3. The summed E-state index contributed by atoms with van der Waals surface area (Å²) < 4.78 is 29.9. The summed E-state index contributed by atoms with van der Waals surface area (Å²) in [5.74, 6) is 0.200. The number of nitrogens with one attached hydrogen (secondary N) is 1. The van der Waals surface area contributed by atoms with Crippen LogP contribution in [-0.2, 0) is 16.6 Å². The summed E-state index contributed by atoms with van der Waals surface area (Å²) in [5, 5.41) is 9.81. The summed E-state index contributed by atoms with van der Waals surface area (Å²) in [5.41, 5.74) is 14.3. The molecule has 0 atom stereocenters. The monoisotopic (exact) mass is 582 g/mol. The first kappa shape index (κ1) is 29.7. The molecule has 0 spiro atoms. The molecule has 3 aromatic carbocycles. The van der Waals surface area contributed by atoms with Crippen LogP contribution in [0.4, 0.5) is 17.5 Å². The molecule has 0 saturated carbocycles. The van der Waals surface area contributed by atoms with Gasteiger partial charge in [-0.2, -0.15) is 23.0 Å². The topological polar surface area (TPSA) is 173 Å². The Hall–Kier alpha value is -5.25. The van der Waals surface area contributed by atoms with Crippen molar-refractivity contribution in [3.8, 4) is 22.9 Å². The number of nitrogens with zero attached hydrogens (tertiary/aromatic N) is 5. The molecule has 5 aromatic rings. The summed E-state index contributed by atoms with van der Waals surface area (Å²) in [4.78, 5) is 20.9. The van der Waals surface area contributed by atoms with Gasteiger partial charge in [-0.3, -0.25) is 14.1 Å². The van der Waals surface area contributed by atoms with Gasteiger partial charge in [-0.1, -0.05) is 55.5 Å². The molecule has 0 aliphatic carbocycles. The van der Waals surface area contributed by atoms with Crippen LogP contribution < -0.4 is 21.7 Å². The van der Waals surface area contributed by atoms with Gasteiger partial charge in [0.2, 0.25) is 5.95 Å². The molecule has 0 aliphatic heterocycles. The first-order valence-corrected chi connectivity index (χ1v) is 14.3. The van der Waals surface area contributed by atoms with Crippen molar-refractivity contribution >= 4 is 38.4 Å². The van der Waals surface area contributed by atoms with Gasteiger partial charge in [0.15, 0.2) is 0 Å². The normalized spacial score (nSPS) is 11.0. The Morgan fingerprint density at radius 2 is 1.71 bits per heavy atom. The van der Waals surface area contributed by atoms with Crippen LogP contribution in [-0.4, -0.2) is 41.4 Å². The average Bonchev–Trinajstić information content (AvgIpc) is 2.97. The first-order chi connectivity index (χ1) is 20.1.